The fourth-order valence-corrected chi connectivity index (χ4v) is 4.52. The van der Waals surface area contributed by atoms with Gasteiger partial charge in [-0.05, 0) is 55.8 Å². The lowest BCUT2D eigenvalue weighted by Crippen LogP contribution is -2.14. The van der Waals surface area contributed by atoms with Crippen LogP contribution in [0.1, 0.15) is 32.9 Å². The van der Waals surface area contributed by atoms with Crippen molar-refractivity contribution in [2.75, 3.05) is 24.3 Å². The number of hydrogen-bond donors (Lipinski definition) is 1. The van der Waals surface area contributed by atoms with E-state index in [0.717, 1.165) is 44.8 Å². The first-order valence-corrected chi connectivity index (χ1v) is 12.4. The van der Waals surface area contributed by atoms with Gasteiger partial charge in [-0.15, -0.1) is 0 Å². The van der Waals surface area contributed by atoms with Crippen molar-refractivity contribution in [2.45, 2.75) is 20.4 Å². The van der Waals surface area contributed by atoms with Gasteiger partial charge in [0, 0.05) is 30.7 Å². The minimum atomic E-state index is -0.210. The van der Waals surface area contributed by atoms with Crippen LogP contribution in [0.3, 0.4) is 0 Å². The highest BCUT2D eigenvalue weighted by Gasteiger charge is 2.19. The maximum absolute atomic E-state index is 13.7. The van der Waals surface area contributed by atoms with Gasteiger partial charge in [-0.3, -0.25) is 9.48 Å². The summed E-state index contributed by atoms with van der Waals surface area (Å²) in [5, 5.41) is 17.6. The Kier molecular flexibility index (Phi) is 6.63. The Labute approximate surface area is 222 Å². The largest absolute Gasteiger partial charge is 0.378 e. The van der Waals surface area contributed by atoms with Crippen LogP contribution in [-0.2, 0) is 6.54 Å². The van der Waals surface area contributed by atoms with Gasteiger partial charge in [0.05, 0.1) is 52.0 Å². The van der Waals surface area contributed by atoms with Crippen molar-refractivity contribution >= 4 is 28.2 Å². The fraction of sp³-hybridized carbons (Fsp3) is 0.161. The van der Waals surface area contributed by atoms with Crippen LogP contribution in [0.15, 0.2) is 78.9 Å². The molecule has 5 aromatic rings. The molecule has 0 fully saturated rings. The number of nitriles is 1. The summed E-state index contributed by atoms with van der Waals surface area (Å²) in [4.78, 5) is 20.6. The number of carbonyl (C=O) groups excluding carboxylic acids is 1. The number of aryl methyl sites for hydroxylation is 1. The summed E-state index contributed by atoms with van der Waals surface area (Å²) in [6.45, 7) is 4.38. The topological polar surface area (TPSA) is 86.8 Å². The van der Waals surface area contributed by atoms with E-state index in [1.54, 1.807) is 12.1 Å². The first-order chi connectivity index (χ1) is 18.3. The molecule has 38 heavy (non-hydrogen) atoms. The molecular formula is C31H28N6O. The van der Waals surface area contributed by atoms with Crippen LogP contribution in [0, 0.1) is 25.2 Å². The summed E-state index contributed by atoms with van der Waals surface area (Å²) in [7, 11) is 4.00. The molecule has 2 heterocycles. The second kappa shape index (κ2) is 10.2. The molecule has 0 atom stereocenters. The molecule has 0 spiro atoms. The highest BCUT2D eigenvalue weighted by Crippen LogP contribution is 2.29. The summed E-state index contributed by atoms with van der Waals surface area (Å²) < 4.78 is 1.87. The molecule has 3 aromatic carbocycles. The third-order valence-corrected chi connectivity index (χ3v) is 6.65. The number of rotatable bonds is 6. The highest BCUT2D eigenvalue weighted by molar-refractivity contribution is 6.13. The zero-order chi connectivity index (χ0) is 26.8. The van der Waals surface area contributed by atoms with E-state index in [9.17, 15) is 4.79 Å². The number of fused-ring (bicyclic) bond motifs is 1. The molecule has 1 N–H and O–H groups in total. The number of nitrogens with zero attached hydrogens (tertiary/aromatic N) is 5. The lowest BCUT2D eigenvalue weighted by molar-refractivity contribution is 0.102. The lowest BCUT2D eigenvalue weighted by Gasteiger charge is -2.15. The van der Waals surface area contributed by atoms with Gasteiger partial charge in [0.2, 0.25) is 0 Å². The zero-order valence-electron chi connectivity index (χ0n) is 21.9. The van der Waals surface area contributed by atoms with E-state index >= 15 is 0 Å². The summed E-state index contributed by atoms with van der Waals surface area (Å²) in [6, 6.07) is 27.2. The van der Waals surface area contributed by atoms with Gasteiger partial charge >= 0.3 is 0 Å². The van der Waals surface area contributed by atoms with Gasteiger partial charge in [0.15, 0.2) is 0 Å². The monoisotopic (exact) mass is 500 g/mol. The minimum absolute atomic E-state index is 0.210. The first kappa shape index (κ1) is 24.7. The summed E-state index contributed by atoms with van der Waals surface area (Å²) >= 11 is 0. The molecule has 0 saturated carbocycles. The van der Waals surface area contributed by atoms with Crippen molar-refractivity contribution in [3.63, 3.8) is 0 Å². The van der Waals surface area contributed by atoms with Crippen LogP contribution >= 0.6 is 0 Å². The Hall–Kier alpha value is -4.96. The Morgan fingerprint density at radius 3 is 2.50 bits per heavy atom. The zero-order valence-corrected chi connectivity index (χ0v) is 21.9. The lowest BCUT2D eigenvalue weighted by atomic mass is 10.0. The molecule has 0 aliphatic rings. The van der Waals surface area contributed by atoms with Gasteiger partial charge < -0.3 is 10.2 Å². The van der Waals surface area contributed by atoms with Crippen LogP contribution in [0.2, 0.25) is 0 Å². The number of aromatic nitrogens is 3. The van der Waals surface area contributed by atoms with Crippen LogP contribution in [0.5, 0.6) is 0 Å². The number of carbonyl (C=O) groups is 1. The van der Waals surface area contributed by atoms with E-state index in [0.29, 0.717) is 23.4 Å². The van der Waals surface area contributed by atoms with E-state index in [4.69, 9.17) is 10.2 Å². The number of para-hydroxylation sites is 1. The van der Waals surface area contributed by atoms with E-state index in [-0.39, 0.29) is 5.91 Å². The normalized spacial score (nSPS) is 10.8. The summed E-state index contributed by atoms with van der Waals surface area (Å²) in [5.74, 6) is -0.210. The molecule has 0 aliphatic carbocycles. The molecule has 5 rings (SSSR count). The smallest absolute Gasteiger partial charge is 0.256 e. The quantitative estimate of drug-likeness (QED) is 0.311. The van der Waals surface area contributed by atoms with Crippen LogP contribution < -0.4 is 10.2 Å². The van der Waals surface area contributed by atoms with E-state index in [1.165, 1.54) is 0 Å². The van der Waals surface area contributed by atoms with Crippen LogP contribution in [-0.4, -0.2) is 34.8 Å². The van der Waals surface area contributed by atoms with Crippen molar-refractivity contribution < 1.29 is 4.79 Å². The summed E-state index contributed by atoms with van der Waals surface area (Å²) in [6.07, 6.45) is 0. The molecule has 7 nitrogen and oxygen atoms in total. The molecule has 0 bridgehead atoms. The number of benzene rings is 3. The third-order valence-electron chi connectivity index (χ3n) is 6.65. The average molecular weight is 501 g/mol. The number of amides is 1. The molecule has 1 amide bonds. The Morgan fingerprint density at radius 2 is 1.76 bits per heavy atom. The number of pyridine rings is 1. The Morgan fingerprint density at radius 1 is 1.00 bits per heavy atom. The second-order valence-corrected chi connectivity index (χ2v) is 9.48. The maximum Gasteiger partial charge on any atom is 0.256 e. The second-order valence-electron chi connectivity index (χ2n) is 9.48. The van der Waals surface area contributed by atoms with Crippen molar-refractivity contribution in [3.05, 3.63) is 107 Å². The van der Waals surface area contributed by atoms with Gasteiger partial charge in [0.25, 0.3) is 5.91 Å². The molecular weight excluding hydrogens is 472 g/mol. The van der Waals surface area contributed by atoms with Crippen LogP contribution in [0.4, 0.5) is 11.4 Å². The molecule has 0 saturated heterocycles. The van der Waals surface area contributed by atoms with E-state index < -0.39 is 0 Å². The fourth-order valence-electron chi connectivity index (χ4n) is 4.52. The van der Waals surface area contributed by atoms with E-state index in [1.807, 2.05) is 98.2 Å². The van der Waals surface area contributed by atoms with Gasteiger partial charge in [-0.1, -0.05) is 42.5 Å². The Balaban J connectivity index is 1.49. The van der Waals surface area contributed by atoms with Crippen molar-refractivity contribution in [1.82, 2.24) is 14.8 Å². The number of hydrogen-bond acceptors (Lipinski definition) is 5. The summed E-state index contributed by atoms with van der Waals surface area (Å²) in [5.41, 5.74) is 7.99. The SMILES string of the molecule is Cc1nn(Cc2ccc(C#N)cc2)c(C)c1NC(=O)c1cc(-c2cccc(N(C)C)c2)nc2ccccc12. The Bertz CT molecular complexity index is 1690. The maximum atomic E-state index is 13.7. The third kappa shape index (κ3) is 4.84. The molecule has 2 aromatic heterocycles. The average Bonchev–Trinajstić information content (AvgIpc) is 3.20. The highest BCUT2D eigenvalue weighted by atomic mass is 16.1. The van der Waals surface area contributed by atoms with Gasteiger partial charge in [0.1, 0.15) is 0 Å². The predicted octanol–water partition coefficient (Wildman–Crippen LogP) is 5.95. The van der Waals surface area contributed by atoms with Crippen LogP contribution in [0.25, 0.3) is 22.2 Å². The van der Waals surface area contributed by atoms with Gasteiger partial charge in [-0.2, -0.15) is 10.4 Å². The number of nitrogens with one attached hydrogen (secondary N) is 1. The standard InChI is InChI=1S/C31H28N6O/c1-20-30(21(2)37(35-20)19-23-14-12-22(18-32)13-15-23)34-31(38)27-17-29(33-28-11-6-5-10-26(27)28)24-8-7-9-25(16-24)36(3)4/h5-17H,19H2,1-4H3,(H,34,38). The van der Waals surface area contributed by atoms with Gasteiger partial charge in [-0.25, -0.2) is 4.98 Å². The molecule has 0 radical (unpaired) electrons. The first-order valence-electron chi connectivity index (χ1n) is 12.4. The molecule has 0 aliphatic heterocycles. The predicted molar refractivity (Wildman–Crippen MR) is 151 cm³/mol. The van der Waals surface area contributed by atoms with Crippen molar-refractivity contribution in [1.29, 1.82) is 5.26 Å². The van der Waals surface area contributed by atoms with Crippen molar-refractivity contribution in [3.8, 4) is 17.3 Å². The number of anilines is 2. The molecule has 188 valence electrons. The van der Waals surface area contributed by atoms with Crippen molar-refractivity contribution in [2.24, 2.45) is 0 Å². The van der Waals surface area contributed by atoms with E-state index in [2.05, 4.69) is 22.6 Å². The molecule has 7 heteroatoms. The minimum Gasteiger partial charge on any atom is -0.378 e. The molecule has 0 unspecified atom stereocenters.